The van der Waals surface area contributed by atoms with Gasteiger partial charge in [-0.3, -0.25) is 0 Å². The number of para-hydroxylation sites is 1. The summed E-state index contributed by atoms with van der Waals surface area (Å²) in [5.74, 6) is 0. The SMILES string of the molecule is Cc1cc2c3c(c1)C1(C)CCCCC1(C)N3c1cc(N(c3cccc(C(C)(C)C)c3)c3cccc(C(C)(C)C)c3)cc3c1B2c1cccc2c1N3C1(C)CCCCC21C. The van der Waals surface area contributed by atoms with E-state index < -0.39 is 0 Å². The molecule has 4 atom stereocenters. The summed E-state index contributed by atoms with van der Waals surface area (Å²) < 4.78 is 0. The molecule has 302 valence electrons. The van der Waals surface area contributed by atoms with E-state index in [1.807, 2.05) is 0 Å². The number of hydrogen-bond acceptors (Lipinski definition) is 3. The number of anilines is 7. The van der Waals surface area contributed by atoms with Gasteiger partial charge in [0.05, 0.1) is 16.8 Å². The van der Waals surface area contributed by atoms with Gasteiger partial charge in [-0.2, -0.15) is 0 Å². The van der Waals surface area contributed by atoms with Crippen molar-refractivity contribution >= 4 is 62.9 Å². The molecule has 3 nitrogen and oxygen atoms in total. The minimum atomic E-state index is -0.0347. The van der Waals surface area contributed by atoms with Crippen molar-refractivity contribution in [2.75, 3.05) is 14.7 Å². The van der Waals surface area contributed by atoms with Gasteiger partial charge in [0, 0.05) is 45.0 Å². The van der Waals surface area contributed by atoms with Crippen LogP contribution in [0.2, 0.25) is 0 Å². The normalized spacial score (nSPS) is 27.2. The van der Waals surface area contributed by atoms with Crippen LogP contribution in [0.4, 0.5) is 39.8 Å². The summed E-state index contributed by atoms with van der Waals surface area (Å²) in [6.07, 6.45) is 10.0. The van der Waals surface area contributed by atoms with Crippen LogP contribution in [0.15, 0.2) is 91.0 Å². The van der Waals surface area contributed by atoms with Gasteiger partial charge in [-0.1, -0.05) is 141 Å². The number of rotatable bonds is 3. The first-order chi connectivity index (χ1) is 27.9. The molecule has 0 N–H and O–H groups in total. The summed E-state index contributed by atoms with van der Waals surface area (Å²) in [7, 11) is 0. The second kappa shape index (κ2) is 11.9. The predicted molar refractivity (Wildman–Crippen MR) is 254 cm³/mol. The fraction of sp³-hybridized carbons (Fsp3) is 0.455. The lowest BCUT2D eigenvalue weighted by molar-refractivity contribution is 0.194. The van der Waals surface area contributed by atoms with Crippen molar-refractivity contribution in [3.05, 3.63) is 119 Å². The number of fused-ring (bicyclic) bond motifs is 10. The van der Waals surface area contributed by atoms with Crippen LogP contribution in [0.3, 0.4) is 0 Å². The third kappa shape index (κ3) is 4.73. The van der Waals surface area contributed by atoms with Gasteiger partial charge in [-0.15, -0.1) is 0 Å². The minimum absolute atomic E-state index is 0.0214. The lowest BCUT2D eigenvalue weighted by Gasteiger charge is -2.55. The molecule has 5 aromatic carbocycles. The predicted octanol–water partition coefficient (Wildman–Crippen LogP) is 12.7. The molecule has 0 saturated heterocycles. The van der Waals surface area contributed by atoms with Gasteiger partial charge in [-0.05, 0) is 132 Å². The van der Waals surface area contributed by atoms with Gasteiger partial charge in [0.1, 0.15) is 0 Å². The van der Waals surface area contributed by atoms with Gasteiger partial charge >= 0.3 is 0 Å². The topological polar surface area (TPSA) is 9.72 Å². The van der Waals surface area contributed by atoms with Gasteiger partial charge in [0.25, 0.3) is 6.71 Å². The Morgan fingerprint density at radius 1 is 0.525 bits per heavy atom. The average Bonchev–Trinajstić information content (AvgIpc) is 3.53. The minimum Gasteiger partial charge on any atom is -0.335 e. The summed E-state index contributed by atoms with van der Waals surface area (Å²) in [5.41, 5.74) is 21.6. The van der Waals surface area contributed by atoms with E-state index in [1.165, 1.54) is 124 Å². The highest BCUT2D eigenvalue weighted by Gasteiger charge is 2.64. The quantitative estimate of drug-likeness (QED) is 0.169. The molecule has 0 bridgehead atoms. The van der Waals surface area contributed by atoms with Gasteiger partial charge < -0.3 is 14.7 Å². The van der Waals surface area contributed by atoms with Crippen LogP contribution in [0.5, 0.6) is 0 Å². The van der Waals surface area contributed by atoms with Crippen LogP contribution in [0, 0.1) is 6.92 Å². The van der Waals surface area contributed by atoms with E-state index >= 15 is 0 Å². The van der Waals surface area contributed by atoms with Crippen molar-refractivity contribution in [1.82, 2.24) is 0 Å². The molecule has 5 aromatic rings. The largest absolute Gasteiger partial charge is 0.335 e. The fourth-order valence-electron chi connectivity index (χ4n) is 13.6. The fourth-order valence-corrected chi connectivity index (χ4v) is 13.6. The van der Waals surface area contributed by atoms with Crippen molar-refractivity contribution in [1.29, 1.82) is 0 Å². The monoisotopic (exact) mass is 778 g/mol. The molecule has 2 fully saturated rings. The van der Waals surface area contributed by atoms with Crippen molar-refractivity contribution in [2.45, 2.75) is 160 Å². The molecule has 11 rings (SSSR count). The Bertz CT molecular complexity index is 2530. The summed E-state index contributed by atoms with van der Waals surface area (Å²) in [6.45, 7) is 27.1. The zero-order valence-corrected chi connectivity index (χ0v) is 37.7. The highest BCUT2D eigenvalue weighted by Crippen LogP contribution is 2.65. The average molecular weight is 778 g/mol. The third-order valence-corrected chi connectivity index (χ3v) is 17.2. The molecule has 2 saturated carbocycles. The smallest absolute Gasteiger partial charge is 0.252 e. The second-order valence-corrected chi connectivity index (χ2v) is 22.6. The maximum Gasteiger partial charge on any atom is 0.252 e. The summed E-state index contributed by atoms with van der Waals surface area (Å²) >= 11 is 0. The molecule has 4 heterocycles. The second-order valence-electron chi connectivity index (χ2n) is 22.6. The Morgan fingerprint density at radius 3 is 1.56 bits per heavy atom. The van der Waals surface area contributed by atoms with Gasteiger partial charge in [-0.25, -0.2) is 0 Å². The van der Waals surface area contributed by atoms with E-state index in [2.05, 4.69) is 182 Å². The molecule has 0 aromatic heterocycles. The Labute approximate surface area is 355 Å². The molecule has 4 heteroatoms. The Kier molecular flexibility index (Phi) is 7.57. The van der Waals surface area contributed by atoms with Crippen LogP contribution in [-0.2, 0) is 21.7 Å². The molecule has 4 unspecified atom stereocenters. The van der Waals surface area contributed by atoms with Gasteiger partial charge in [0.15, 0.2) is 0 Å². The molecule has 59 heavy (non-hydrogen) atoms. The van der Waals surface area contributed by atoms with E-state index in [0.717, 1.165) is 0 Å². The molecule has 6 aliphatic rings. The Hall–Kier alpha value is -4.44. The highest BCUT2D eigenvalue weighted by atomic mass is 15.3. The zero-order chi connectivity index (χ0) is 41.2. The van der Waals surface area contributed by atoms with Crippen molar-refractivity contribution in [3.63, 3.8) is 0 Å². The Morgan fingerprint density at radius 2 is 1.02 bits per heavy atom. The number of nitrogens with zero attached hydrogens (tertiary/aromatic N) is 3. The standard InChI is InChI=1S/C55H64BN3/c1-35-29-42-49-44(30-35)56-43-24-18-23-41-48(43)58(54(10)27-14-12-25-52(41,54)8)45-33-40(34-46(47(45)56)59(49)55(11)28-15-13-26-53(42,55)9)57(38-21-16-19-36(31-38)50(2,3)4)39-22-17-20-37(32-39)51(5,6)7/h16-24,29-34H,12-15,25-28H2,1-11H3. The lowest BCUT2D eigenvalue weighted by atomic mass is 9.33. The maximum atomic E-state index is 2.93. The first-order valence-electron chi connectivity index (χ1n) is 23.0. The van der Waals surface area contributed by atoms with Crippen LogP contribution in [0.25, 0.3) is 0 Å². The number of hydrogen-bond donors (Lipinski definition) is 0. The third-order valence-electron chi connectivity index (χ3n) is 17.2. The van der Waals surface area contributed by atoms with E-state index in [0.29, 0.717) is 0 Å². The molecule has 2 aliphatic carbocycles. The highest BCUT2D eigenvalue weighted by molar-refractivity contribution is 7.00. The Balaban J connectivity index is 1.27. The molecular formula is C55H64BN3. The van der Waals surface area contributed by atoms with Crippen molar-refractivity contribution in [3.8, 4) is 0 Å². The molecule has 0 spiro atoms. The van der Waals surface area contributed by atoms with Gasteiger partial charge in [0.2, 0.25) is 0 Å². The summed E-state index contributed by atoms with van der Waals surface area (Å²) in [5, 5.41) is 0. The van der Waals surface area contributed by atoms with Crippen molar-refractivity contribution in [2.24, 2.45) is 0 Å². The summed E-state index contributed by atoms with van der Waals surface area (Å²) in [4.78, 5) is 8.46. The van der Waals surface area contributed by atoms with E-state index in [1.54, 1.807) is 11.1 Å². The van der Waals surface area contributed by atoms with E-state index in [9.17, 15) is 0 Å². The van der Waals surface area contributed by atoms with Crippen LogP contribution >= 0.6 is 0 Å². The van der Waals surface area contributed by atoms with Crippen molar-refractivity contribution < 1.29 is 0 Å². The van der Waals surface area contributed by atoms with Crippen LogP contribution < -0.4 is 31.1 Å². The van der Waals surface area contributed by atoms with Crippen LogP contribution in [0.1, 0.15) is 148 Å². The van der Waals surface area contributed by atoms with E-state index in [4.69, 9.17) is 0 Å². The first-order valence-corrected chi connectivity index (χ1v) is 23.0. The summed E-state index contributed by atoms with van der Waals surface area (Å²) in [6, 6.07) is 36.7. The number of aryl methyl sites for hydroxylation is 1. The molecule has 4 aliphatic heterocycles. The molecule has 0 amide bonds. The van der Waals surface area contributed by atoms with E-state index in [-0.39, 0.29) is 39.5 Å². The molecule has 0 radical (unpaired) electrons. The van der Waals surface area contributed by atoms with Crippen LogP contribution in [-0.4, -0.2) is 17.8 Å². The molecular weight excluding hydrogens is 713 g/mol. The first kappa shape index (κ1) is 37.6. The number of benzene rings is 5. The zero-order valence-electron chi connectivity index (χ0n) is 37.7. The lowest BCUT2D eigenvalue weighted by Crippen LogP contribution is -2.66. The maximum absolute atomic E-state index is 2.93.